The Morgan fingerprint density at radius 2 is 1.68 bits per heavy atom. The largest absolute Gasteiger partial charge is 0.322 e. The molecule has 0 saturated carbocycles. The van der Waals surface area contributed by atoms with Crippen molar-refractivity contribution in [2.75, 3.05) is 11.1 Å². The Kier molecular flexibility index (Phi) is 6.95. The summed E-state index contributed by atoms with van der Waals surface area (Å²) in [7, 11) is 1.78. The summed E-state index contributed by atoms with van der Waals surface area (Å²) in [4.78, 5) is 40.6. The van der Waals surface area contributed by atoms with Crippen molar-refractivity contribution in [2.45, 2.75) is 18.8 Å². The summed E-state index contributed by atoms with van der Waals surface area (Å²) >= 11 is 7.55. The molecule has 0 spiro atoms. The van der Waals surface area contributed by atoms with Crippen LogP contribution in [0.1, 0.15) is 32.6 Å². The number of hydrogen-bond donors (Lipinski definition) is 1. The van der Waals surface area contributed by atoms with Gasteiger partial charge in [0.25, 0.3) is 11.5 Å². The number of benzene rings is 3. The first-order valence-electron chi connectivity index (χ1n) is 11.7. The van der Waals surface area contributed by atoms with Gasteiger partial charge in [0.1, 0.15) is 11.1 Å². The summed E-state index contributed by atoms with van der Waals surface area (Å²) in [5, 5.41) is 3.30. The SMILES string of the molecule is Cc1c(NC(=O)c2ccc([C@@H]3SCC(=O)N3Cc3ccc(Cl)cc3)cc2)c(=O)n(-c2ccccc2)n1C. The van der Waals surface area contributed by atoms with Crippen LogP contribution in [0.15, 0.2) is 83.7 Å². The van der Waals surface area contributed by atoms with E-state index >= 15 is 0 Å². The maximum atomic E-state index is 13.1. The summed E-state index contributed by atoms with van der Waals surface area (Å²) in [6.07, 6.45) is 0. The van der Waals surface area contributed by atoms with Crippen molar-refractivity contribution < 1.29 is 9.59 Å². The van der Waals surface area contributed by atoms with Gasteiger partial charge in [0.2, 0.25) is 5.91 Å². The molecule has 1 fully saturated rings. The summed E-state index contributed by atoms with van der Waals surface area (Å²) in [6, 6.07) is 23.9. The Bertz CT molecular complexity index is 1510. The van der Waals surface area contributed by atoms with Crippen LogP contribution >= 0.6 is 23.4 Å². The van der Waals surface area contributed by atoms with Crippen molar-refractivity contribution in [3.05, 3.63) is 117 Å². The molecule has 9 heteroatoms. The van der Waals surface area contributed by atoms with Crippen molar-refractivity contribution >= 4 is 40.9 Å². The van der Waals surface area contributed by atoms with Crippen LogP contribution in [0, 0.1) is 6.92 Å². The van der Waals surface area contributed by atoms with E-state index in [2.05, 4.69) is 5.32 Å². The second kappa shape index (κ2) is 10.3. The van der Waals surface area contributed by atoms with E-state index in [0.29, 0.717) is 28.6 Å². The number of hydrogen-bond acceptors (Lipinski definition) is 4. The summed E-state index contributed by atoms with van der Waals surface area (Å²) < 4.78 is 3.25. The molecule has 1 aliphatic heterocycles. The number of aromatic nitrogens is 2. The molecule has 3 aromatic carbocycles. The van der Waals surface area contributed by atoms with E-state index in [9.17, 15) is 14.4 Å². The molecule has 2 heterocycles. The highest BCUT2D eigenvalue weighted by atomic mass is 35.5. The minimum Gasteiger partial charge on any atom is -0.322 e. The maximum Gasteiger partial charge on any atom is 0.295 e. The van der Waals surface area contributed by atoms with Gasteiger partial charge in [0.05, 0.1) is 17.1 Å². The van der Waals surface area contributed by atoms with Crippen LogP contribution in [0.2, 0.25) is 5.02 Å². The molecule has 188 valence electrons. The molecule has 2 amide bonds. The Hall–Kier alpha value is -3.75. The van der Waals surface area contributed by atoms with E-state index in [1.165, 1.54) is 4.68 Å². The third-order valence-corrected chi connectivity index (χ3v) is 7.99. The first-order chi connectivity index (χ1) is 17.8. The van der Waals surface area contributed by atoms with E-state index < -0.39 is 0 Å². The summed E-state index contributed by atoms with van der Waals surface area (Å²) in [5.74, 6) is 0.105. The second-order valence-corrected chi connectivity index (χ2v) is 10.3. The van der Waals surface area contributed by atoms with Gasteiger partial charge in [0.15, 0.2) is 0 Å². The third kappa shape index (κ3) is 4.95. The van der Waals surface area contributed by atoms with Gasteiger partial charge in [-0.05, 0) is 54.4 Å². The molecule has 1 atom stereocenters. The van der Waals surface area contributed by atoms with Crippen LogP contribution in [0.25, 0.3) is 5.69 Å². The van der Waals surface area contributed by atoms with E-state index in [-0.39, 0.29) is 28.4 Å². The molecular formula is C28H25ClN4O3S. The average Bonchev–Trinajstić information content (AvgIpc) is 3.37. The number of rotatable bonds is 6. The van der Waals surface area contributed by atoms with Crippen LogP contribution in [-0.4, -0.2) is 31.8 Å². The van der Waals surface area contributed by atoms with E-state index in [4.69, 9.17) is 11.6 Å². The molecule has 0 unspecified atom stereocenters. The Morgan fingerprint density at radius 1 is 1.00 bits per heavy atom. The monoisotopic (exact) mass is 532 g/mol. The van der Waals surface area contributed by atoms with E-state index in [1.54, 1.807) is 42.5 Å². The van der Waals surface area contributed by atoms with Gasteiger partial charge in [-0.2, -0.15) is 0 Å². The lowest BCUT2D eigenvalue weighted by Gasteiger charge is -2.24. The van der Waals surface area contributed by atoms with Crippen LogP contribution in [0.3, 0.4) is 0 Å². The van der Waals surface area contributed by atoms with Crippen molar-refractivity contribution in [1.29, 1.82) is 0 Å². The highest BCUT2D eigenvalue weighted by Crippen LogP contribution is 2.39. The van der Waals surface area contributed by atoms with Crippen molar-refractivity contribution in [2.24, 2.45) is 7.05 Å². The number of amides is 2. The molecule has 1 aromatic heterocycles. The quantitative estimate of drug-likeness (QED) is 0.372. The highest BCUT2D eigenvalue weighted by Gasteiger charge is 2.33. The number of halogens is 1. The summed E-state index contributed by atoms with van der Waals surface area (Å²) in [5.41, 5.74) is 3.68. The fourth-order valence-electron chi connectivity index (χ4n) is 4.38. The molecule has 0 radical (unpaired) electrons. The Morgan fingerprint density at radius 3 is 2.35 bits per heavy atom. The van der Waals surface area contributed by atoms with Gasteiger partial charge < -0.3 is 10.2 Å². The molecule has 0 aliphatic carbocycles. The van der Waals surface area contributed by atoms with Crippen LogP contribution in [0.4, 0.5) is 5.69 Å². The molecule has 4 aromatic rings. The Labute approximate surface area is 223 Å². The minimum absolute atomic E-state index is 0.0704. The molecule has 7 nitrogen and oxygen atoms in total. The average molecular weight is 533 g/mol. The molecule has 5 rings (SSSR count). The zero-order valence-corrected chi connectivity index (χ0v) is 21.9. The van der Waals surface area contributed by atoms with Crippen molar-refractivity contribution in [1.82, 2.24) is 14.3 Å². The molecule has 1 N–H and O–H groups in total. The summed E-state index contributed by atoms with van der Waals surface area (Å²) in [6.45, 7) is 2.28. The number of anilines is 1. The predicted molar refractivity (Wildman–Crippen MR) is 147 cm³/mol. The zero-order valence-electron chi connectivity index (χ0n) is 20.3. The number of carbonyl (C=O) groups excluding carboxylic acids is 2. The van der Waals surface area contributed by atoms with E-state index in [1.807, 2.05) is 71.6 Å². The highest BCUT2D eigenvalue weighted by molar-refractivity contribution is 8.00. The third-order valence-electron chi connectivity index (χ3n) is 6.49. The van der Waals surface area contributed by atoms with Crippen LogP contribution < -0.4 is 10.9 Å². The van der Waals surface area contributed by atoms with Gasteiger partial charge >= 0.3 is 0 Å². The van der Waals surface area contributed by atoms with Crippen LogP contribution in [-0.2, 0) is 18.4 Å². The fourth-order valence-corrected chi connectivity index (χ4v) is 5.70. The molecular weight excluding hydrogens is 508 g/mol. The normalized spacial score (nSPS) is 15.3. The first-order valence-corrected chi connectivity index (χ1v) is 13.2. The lowest BCUT2D eigenvalue weighted by molar-refractivity contribution is -0.128. The minimum atomic E-state index is -0.370. The standard InChI is InChI=1S/C28H25ClN4O3S/c1-18-25(27(36)33(31(18)2)23-6-4-3-5-7-23)30-26(35)20-10-12-21(13-11-20)28-32(24(34)17-37-28)16-19-8-14-22(29)15-9-19/h3-15,28H,16-17H2,1-2H3,(H,30,35)/t28-/m0/s1. The lowest BCUT2D eigenvalue weighted by atomic mass is 10.1. The number of nitrogens with one attached hydrogen (secondary N) is 1. The Balaban J connectivity index is 1.34. The molecule has 1 aliphatic rings. The predicted octanol–water partition coefficient (Wildman–Crippen LogP) is 5.16. The van der Waals surface area contributed by atoms with Gasteiger partial charge in [-0.25, -0.2) is 4.68 Å². The molecule has 37 heavy (non-hydrogen) atoms. The smallest absolute Gasteiger partial charge is 0.295 e. The lowest BCUT2D eigenvalue weighted by Crippen LogP contribution is -2.27. The number of thioether (sulfide) groups is 1. The van der Waals surface area contributed by atoms with Crippen LogP contribution in [0.5, 0.6) is 0 Å². The zero-order chi connectivity index (χ0) is 26.1. The van der Waals surface area contributed by atoms with Gasteiger partial charge in [-0.1, -0.05) is 54.1 Å². The maximum absolute atomic E-state index is 13.1. The first kappa shape index (κ1) is 24.9. The topological polar surface area (TPSA) is 76.3 Å². The number of para-hydroxylation sites is 1. The van der Waals surface area contributed by atoms with Crippen molar-refractivity contribution in [3.63, 3.8) is 0 Å². The van der Waals surface area contributed by atoms with Gasteiger partial charge in [-0.15, -0.1) is 11.8 Å². The number of carbonyl (C=O) groups is 2. The number of nitrogens with zero attached hydrogens (tertiary/aromatic N) is 3. The molecule has 1 saturated heterocycles. The second-order valence-electron chi connectivity index (χ2n) is 8.82. The molecule has 0 bridgehead atoms. The van der Waals surface area contributed by atoms with E-state index in [0.717, 1.165) is 16.8 Å². The fraction of sp³-hybridized carbons (Fsp3) is 0.179. The van der Waals surface area contributed by atoms with Gasteiger partial charge in [-0.3, -0.25) is 19.1 Å². The van der Waals surface area contributed by atoms with Crippen molar-refractivity contribution in [3.8, 4) is 5.69 Å². The van der Waals surface area contributed by atoms with Gasteiger partial charge in [0, 0.05) is 24.2 Å².